The van der Waals surface area contributed by atoms with Crippen molar-refractivity contribution in [1.82, 2.24) is 14.7 Å². The number of nitrogens with one attached hydrogen (secondary N) is 1. The number of nitrogens with zero attached hydrogens (tertiary/aromatic N) is 3. The molecule has 1 N–H and O–H groups in total. The summed E-state index contributed by atoms with van der Waals surface area (Å²) >= 11 is 7.57. The number of piperidine rings is 1. The minimum Gasteiger partial charge on any atom is -0.376 e. The Kier molecular flexibility index (Phi) is 6.59. The maximum Gasteiger partial charge on any atom is 0.215 e. The second kappa shape index (κ2) is 9.46. The summed E-state index contributed by atoms with van der Waals surface area (Å²) in [6.45, 7) is 2.90. The van der Waals surface area contributed by atoms with Crippen LogP contribution in [-0.4, -0.2) is 50.7 Å². The van der Waals surface area contributed by atoms with Crippen molar-refractivity contribution in [3.8, 4) is 0 Å². The number of ether oxygens (including phenoxy) is 1. The summed E-state index contributed by atoms with van der Waals surface area (Å²) < 4.78 is 34.9. The summed E-state index contributed by atoms with van der Waals surface area (Å²) in [6.07, 6.45) is 5.60. The number of benzene rings is 1. The lowest BCUT2D eigenvalue weighted by Gasteiger charge is -2.46. The predicted molar refractivity (Wildman–Crippen MR) is 132 cm³/mol. The van der Waals surface area contributed by atoms with Crippen molar-refractivity contribution in [1.29, 1.82) is 0 Å². The highest BCUT2D eigenvalue weighted by molar-refractivity contribution is 7.88. The van der Waals surface area contributed by atoms with Crippen LogP contribution in [0.2, 0.25) is 5.02 Å². The molecule has 3 aromatic rings. The van der Waals surface area contributed by atoms with E-state index in [1.165, 1.54) is 0 Å². The Labute approximate surface area is 203 Å². The Bertz CT molecular complexity index is 1200. The normalized spacial score (nSPS) is 21.0. The van der Waals surface area contributed by atoms with E-state index in [-0.39, 0.29) is 17.3 Å². The van der Waals surface area contributed by atoms with Crippen molar-refractivity contribution in [3.05, 3.63) is 52.6 Å². The Hall–Kier alpha value is -1.78. The molecule has 0 saturated carbocycles. The Morgan fingerprint density at radius 3 is 2.67 bits per heavy atom. The van der Waals surface area contributed by atoms with E-state index < -0.39 is 10.0 Å². The first-order valence-electron chi connectivity index (χ1n) is 11.2. The zero-order chi connectivity index (χ0) is 22.9. The summed E-state index contributed by atoms with van der Waals surface area (Å²) in [4.78, 5) is 11.3. The monoisotopic (exact) mass is 506 g/mol. The van der Waals surface area contributed by atoms with Gasteiger partial charge in [0.15, 0.2) is 0 Å². The molecule has 1 spiro atoms. The number of hydrogen-bond donors (Lipinski definition) is 1. The molecule has 0 aliphatic carbocycles. The van der Waals surface area contributed by atoms with Crippen molar-refractivity contribution in [2.24, 2.45) is 5.41 Å². The van der Waals surface area contributed by atoms with E-state index in [0.717, 1.165) is 54.8 Å². The van der Waals surface area contributed by atoms with Crippen LogP contribution in [0.4, 0.5) is 5.82 Å². The Morgan fingerprint density at radius 2 is 1.94 bits per heavy atom. The smallest absolute Gasteiger partial charge is 0.215 e. The van der Waals surface area contributed by atoms with Crippen LogP contribution in [0.15, 0.2) is 42.0 Å². The fourth-order valence-corrected chi connectivity index (χ4v) is 6.90. The number of anilines is 1. The molecular weight excluding hydrogens is 480 g/mol. The molecule has 176 valence electrons. The molecule has 0 bridgehead atoms. The van der Waals surface area contributed by atoms with Crippen LogP contribution in [0, 0.1) is 5.41 Å². The third kappa shape index (κ3) is 5.33. The lowest BCUT2D eigenvalue weighted by atomic mass is 9.73. The van der Waals surface area contributed by atoms with Gasteiger partial charge in [0, 0.05) is 24.7 Å². The standard InChI is InChI=1S/C23H27ClN4O3S2/c24-18-3-1-17(2-4-18)14-33(29,30)27-13-19-5-7-23(15-31-19)8-10-28(11-9-23)22-21-20(6-12-32-21)25-16-26-22/h1-4,6,12,16,19,27H,5,7-11,13-15H2. The highest BCUT2D eigenvalue weighted by Gasteiger charge is 2.39. The van der Waals surface area contributed by atoms with E-state index >= 15 is 0 Å². The van der Waals surface area contributed by atoms with Crippen molar-refractivity contribution in [2.45, 2.75) is 37.5 Å². The van der Waals surface area contributed by atoms with E-state index in [0.29, 0.717) is 23.7 Å². The van der Waals surface area contributed by atoms with Gasteiger partial charge in [0.1, 0.15) is 12.1 Å². The van der Waals surface area contributed by atoms with Gasteiger partial charge in [-0.3, -0.25) is 0 Å². The van der Waals surface area contributed by atoms with Crippen molar-refractivity contribution < 1.29 is 13.2 Å². The molecule has 2 aliphatic rings. The predicted octanol–water partition coefficient (Wildman–Crippen LogP) is 4.23. The van der Waals surface area contributed by atoms with Crippen LogP contribution in [0.3, 0.4) is 0 Å². The molecule has 1 aromatic carbocycles. The number of halogens is 1. The van der Waals surface area contributed by atoms with E-state index in [1.54, 1.807) is 41.9 Å². The minimum absolute atomic E-state index is 0.0583. The quantitative estimate of drug-likeness (QED) is 0.538. The molecule has 1 unspecified atom stereocenters. The summed E-state index contributed by atoms with van der Waals surface area (Å²) in [5.74, 6) is 0.978. The van der Waals surface area contributed by atoms with Gasteiger partial charge < -0.3 is 9.64 Å². The van der Waals surface area contributed by atoms with Gasteiger partial charge in [0.2, 0.25) is 10.0 Å². The molecule has 2 aromatic heterocycles. The maximum atomic E-state index is 12.5. The first kappa shape index (κ1) is 23.0. The summed E-state index contributed by atoms with van der Waals surface area (Å²) in [6, 6.07) is 8.92. The largest absolute Gasteiger partial charge is 0.376 e. The SMILES string of the molecule is O=S(=O)(Cc1ccc(Cl)cc1)NCC1CCC2(CCN(c3ncnc4ccsc34)CC2)CO1. The van der Waals surface area contributed by atoms with Gasteiger partial charge in [-0.15, -0.1) is 11.3 Å². The van der Waals surface area contributed by atoms with E-state index in [4.69, 9.17) is 16.3 Å². The minimum atomic E-state index is -3.42. The summed E-state index contributed by atoms with van der Waals surface area (Å²) in [7, 11) is -3.42. The van der Waals surface area contributed by atoms with Gasteiger partial charge in [-0.05, 0) is 60.2 Å². The van der Waals surface area contributed by atoms with Gasteiger partial charge in [0.05, 0.1) is 28.7 Å². The number of hydrogen-bond acceptors (Lipinski definition) is 7. The van der Waals surface area contributed by atoms with Crippen molar-refractivity contribution in [2.75, 3.05) is 31.1 Å². The van der Waals surface area contributed by atoms with Gasteiger partial charge in [0.25, 0.3) is 0 Å². The molecule has 5 rings (SSSR count). The molecule has 2 saturated heterocycles. The number of rotatable bonds is 6. The fraction of sp³-hybridized carbons (Fsp3) is 0.478. The van der Waals surface area contributed by atoms with Crippen molar-refractivity contribution >= 4 is 49.0 Å². The zero-order valence-electron chi connectivity index (χ0n) is 18.2. The van der Waals surface area contributed by atoms with Crippen molar-refractivity contribution in [3.63, 3.8) is 0 Å². The Morgan fingerprint density at radius 1 is 1.15 bits per heavy atom. The maximum absolute atomic E-state index is 12.5. The average Bonchev–Trinajstić information content (AvgIpc) is 3.30. The molecule has 2 aliphatic heterocycles. The van der Waals surface area contributed by atoms with E-state index in [1.807, 2.05) is 6.07 Å². The van der Waals surface area contributed by atoms with Crippen LogP contribution in [-0.2, 0) is 20.5 Å². The lowest BCUT2D eigenvalue weighted by molar-refractivity contribution is -0.0690. The highest BCUT2D eigenvalue weighted by Crippen LogP contribution is 2.42. The Balaban J connectivity index is 1.11. The van der Waals surface area contributed by atoms with Crippen LogP contribution < -0.4 is 9.62 Å². The van der Waals surface area contributed by atoms with Crippen LogP contribution >= 0.6 is 22.9 Å². The topological polar surface area (TPSA) is 84.4 Å². The molecular formula is C23H27ClN4O3S2. The first-order valence-corrected chi connectivity index (χ1v) is 14.1. The average molecular weight is 507 g/mol. The summed E-state index contributed by atoms with van der Waals surface area (Å²) in [5, 5.41) is 2.66. The fourth-order valence-electron chi connectivity index (χ4n) is 4.74. The molecule has 7 nitrogen and oxygen atoms in total. The molecule has 0 amide bonds. The zero-order valence-corrected chi connectivity index (χ0v) is 20.6. The highest BCUT2D eigenvalue weighted by atomic mass is 35.5. The number of sulfonamides is 1. The van der Waals surface area contributed by atoms with Gasteiger partial charge in [-0.1, -0.05) is 23.7 Å². The third-order valence-corrected chi connectivity index (χ3v) is 9.24. The number of aromatic nitrogens is 2. The van der Waals surface area contributed by atoms with Crippen LogP contribution in [0.5, 0.6) is 0 Å². The van der Waals surface area contributed by atoms with Gasteiger partial charge >= 0.3 is 0 Å². The third-order valence-electron chi connectivity index (χ3n) is 6.77. The molecule has 1 atom stereocenters. The molecule has 0 radical (unpaired) electrons. The molecule has 4 heterocycles. The van der Waals surface area contributed by atoms with Gasteiger partial charge in [-0.25, -0.2) is 23.1 Å². The second-order valence-electron chi connectivity index (χ2n) is 9.02. The lowest BCUT2D eigenvalue weighted by Crippen LogP contribution is -2.47. The van der Waals surface area contributed by atoms with E-state index in [2.05, 4.69) is 25.0 Å². The van der Waals surface area contributed by atoms with Crippen LogP contribution in [0.1, 0.15) is 31.2 Å². The molecule has 2 fully saturated rings. The first-order chi connectivity index (χ1) is 15.9. The summed E-state index contributed by atoms with van der Waals surface area (Å²) in [5.41, 5.74) is 1.90. The van der Waals surface area contributed by atoms with Gasteiger partial charge in [-0.2, -0.15) is 0 Å². The molecule has 33 heavy (non-hydrogen) atoms. The number of fused-ring (bicyclic) bond motifs is 1. The molecule has 10 heteroatoms. The van der Waals surface area contributed by atoms with Crippen LogP contribution in [0.25, 0.3) is 10.2 Å². The van der Waals surface area contributed by atoms with E-state index in [9.17, 15) is 8.42 Å². The number of thiophene rings is 1. The second-order valence-corrected chi connectivity index (χ2v) is 12.2.